The average molecular weight is 320 g/mol. The summed E-state index contributed by atoms with van der Waals surface area (Å²) < 4.78 is 6.28. The van der Waals surface area contributed by atoms with E-state index in [0.717, 1.165) is 10.6 Å². The first kappa shape index (κ1) is 14.2. The quantitative estimate of drug-likeness (QED) is 0.803. The highest BCUT2D eigenvalue weighted by Gasteiger charge is 2.32. The third kappa shape index (κ3) is 1.94. The molecule has 1 aliphatic heterocycles. The molecular weight excluding hydrogens is 310 g/mol. The Morgan fingerprint density at radius 1 is 1.18 bits per heavy atom. The number of nitrogens with one attached hydrogen (secondary N) is 1. The number of imide groups is 1. The van der Waals surface area contributed by atoms with Crippen LogP contribution >= 0.6 is 11.6 Å². The summed E-state index contributed by atoms with van der Waals surface area (Å²) in [6, 6.07) is 5.71. The lowest BCUT2D eigenvalue weighted by atomic mass is 10.1. The lowest BCUT2D eigenvalue weighted by Gasteiger charge is -2.15. The molecule has 2 heterocycles. The van der Waals surface area contributed by atoms with Crippen LogP contribution in [0.2, 0.25) is 5.02 Å². The molecule has 112 valence electrons. The first-order valence-electron chi connectivity index (χ1n) is 6.19. The van der Waals surface area contributed by atoms with Gasteiger partial charge in [-0.2, -0.15) is 0 Å². The molecule has 1 aromatic heterocycles. The molecule has 0 saturated heterocycles. The van der Waals surface area contributed by atoms with E-state index in [1.54, 1.807) is 12.1 Å². The maximum atomic E-state index is 12.3. The molecule has 0 saturated carbocycles. The number of hydrogen-bond acceptors (Lipinski definition) is 5. The molecule has 0 unspecified atom stereocenters. The molecule has 0 spiro atoms. The van der Waals surface area contributed by atoms with Gasteiger partial charge in [-0.25, -0.2) is 0 Å². The van der Waals surface area contributed by atoms with Crippen molar-refractivity contribution < 1.29 is 14.3 Å². The number of amides is 2. The fraction of sp³-hybridized carbons (Fsp3) is 0.0714. The van der Waals surface area contributed by atoms with Crippen molar-refractivity contribution in [1.29, 1.82) is 0 Å². The molecule has 7 nitrogen and oxygen atoms in total. The molecule has 0 fully saturated rings. The molecule has 3 rings (SSSR count). The molecule has 0 radical (unpaired) electrons. The Morgan fingerprint density at radius 2 is 1.91 bits per heavy atom. The summed E-state index contributed by atoms with van der Waals surface area (Å²) in [6.45, 7) is 0. The van der Waals surface area contributed by atoms with E-state index in [1.807, 2.05) is 0 Å². The van der Waals surface area contributed by atoms with Crippen LogP contribution < -0.4 is 21.3 Å². The third-order valence-corrected chi connectivity index (χ3v) is 3.57. The van der Waals surface area contributed by atoms with E-state index in [9.17, 15) is 14.4 Å². The van der Waals surface area contributed by atoms with Crippen molar-refractivity contribution in [1.82, 2.24) is 9.88 Å². The van der Waals surface area contributed by atoms with Crippen molar-refractivity contribution >= 4 is 29.2 Å². The SMILES string of the molecule is COc1ccc(Cl)cc1-n1c(N)c2c(cc1=O)C(=O)NC2=O. The summed E-state index contributed by atoms with van der Waals surface area (Å²) in [5.41, 5.74) is 5.59. The predicted octanol–water partition coefficient (Wildman–Crippen LogP) is 0.965. The number of aromatic nitrogens is 1. The smallest absolute Gasteiger partial charge is 0.262 e. The van der Waals surface area contributed by atoms with Crippen LogP contribution in [0.4, 0.5) is 5.82 Å². The molecule has 0 aliphatic carbocycles. The van der Waals surface area contributed by atoms with Gasteiger partial charge in [-0.1, -0.05) is 11.6 Å². The van der Waals surface area contributed by atoms with E-state index in [0.29, 0.717) is 10.8 Å². The van der Waals surface area contributed by atoms with Gasteiger partial charge in [0, 0.05) is 11.1 Å². The molecule has 2 aromatic rings. The Hall–Kier alpha value is -2.80. The number of nitrogens with zero attached hydrogens (tertiary/aromatic N) is 1. The van der Waals surface area contributed by atoms with E-state index in [1.165, 1.54) is 13.2 Å². The number of ether oxygens (including phenoxy) is 1. The van der Waals surface area contributed by atoms with Gasteiger partial charge < -0.3 is 10.5 Å². The van der Waals surface area contributed by atoms with E-state index < -0.39 is 17.4 Å². The van der Waals surface area contributed by atoms with Gasteiger partial charge in [0.05, 0.1) is 23.9 Å². The Bertz CT molecular complexity index is 888. The van der Waals surface area contributed by atoms with Gasteiger partial charge in [-0.05, 0) is 18.2 Å². The number of pyridine rings is 1. The van der Waals surface area contributed by atoms with E-state index in [2.05, 4.69) is 5.32 Å². The number of halogens is 1. The van der Waals surface area contributed by atoms with E-state index >= 15 is 0 Å². The summed E-state index contributed by atoms with van der Waals surface area (Å²) in [5.74, 6) is -1.09. The van der Waals surface area contributed by atoms with Crippen LogP contribution in [0.5, 0.6) is 5.75 Å². The van der Waals surface area contributed by atoms with Crippen molar-refractivity contribution in [3.05, 3.63) is 50.8 Å². The second-order valence-corrected chi connectivity index (χ2v) is 5.03. The Morgan fingerprint density at radius 3 is 2.59 bits per heavy atom. The maximum Gasteiger partial charge on any atom is 0.262 e. The van der Waals surface area contributed by atoms with Crippen LogP contribution in [0.15, 0.2) is 29.1 Å². The Balaban J connectivity index is 2.37. The number of fused-ring (bicyclic) bond motifs is 1. The number of nitrogen functional groups attached to an aromatic ring is 1. The minimum absolute atomic E-state index is 0.0355. The van der Waals surface area contributed by atoms with Crippen molar-refractivity contribution in [2.75, 3.05) is 12.8 Å². The monoisotopic (exact) mass is 319 g/mol. The fourth-order valence-electron chi connectivity index (χ4n) is 2.37. The van der Waals surface area contributed by atoms with Crippen molar-refractivity contribution in [3.8, 4) is 11.4 Å². The van der Waals surface area contributed by atoms with Crippen LogP contribution in [0.1, 0.15) is 20.7 Å². The molecular formula is C14H10ClN3O4. The Kier molecular flexibility index (Phi) is 3.14. The number of carbonyl (C=O) groups is 2. The minimum atomic E-state index is -0.646. The fourth-order valence-corrected chi connectivity index (χ4v) is 2.53. The van der Waals surface area contributed by atoms with E-state index in [4.69, 9.17) is 22.1 Å². The van der Waals surface area contributed by atoms with Crippen molar-refractivity contribution in [2.45, 2.75) is 0 Å². The van der Waals surface area contributed by atoms with Gasteiger partial charge in [-0.15, -0.1) is 0 Å². The van der Waals surface area contributed by atoms with Gasteiger partial charge in [0.15, 0.2) is 0 Å². The first-order valence-corrected chi connectivity index (χ1v) is 6.57. The second-order valence-electron chi connectivity index (χ2n) is 4.59. The number of methoxy groups -OCH3 is 1. The lowest BCUT2D eigenvalue weighted by molar-refractivity contribution is 0.0880. The van der Waals surface area contributed by atoms with Gasteiger partial charge in [0.25, 0.3) is 17.4 Å². The zero-order valence-electron chi connectivity index (χ0n) is 11.3. The highest BCUT2D eigenvalue weighted by Crippen LogP contribution is 2.29. The molecule has 8 heteroatoms. The molecule has 1 aromatic carbocycles. The number of anilines is 1. The summed E-state index contributed by atoms with van der Waals surface area (Å²) in [5, 5.41) is 2.47. The maximum absolute atomic E-state index is 12.3. The zero-order valence-corrected chi connectivity index (χ0v) is 12.1. The first-order chi connectivity index (χ1) is 10.4. The molecule has 0 bridgehead atoms. The lowest BCUT2D eigenvalue weighted by Crippen LogP contribution is -2.24. The number of hydrogen-bond donors (Lipinski definition) is 2. The number of nitrogens with two attached hydrogens (primary N) is 1. The number of rotatable bonds is 2. The zero-order chi connectivity index (χ0) is 16.0. The minimum Gasteiger partial charge on any atom is -0.495 e. The predicted molar refractivity (Wildman–Crippen MR) is 79.8 cm³/mol. The topological polar surface area (TPSA) is 103 Å². The highest BCUT2D eigenvalue weighted by molar-refractivity contribution is 6.30. The van der Waals surface area contributed by atoms with Crippen LogP contribution in [0.25, 0.3) is 5.69 Å². The molecule has 3 N–H and O–H groups in total. The van der Waals surface area contributed by atoms with Crippen LogP contribution in [-0.4, -0.2) is 23.5 Å². The number of benzene rings is 1. The molecule has 0 atom stereocenters. The van der Waals surface area contributed by atoms with E-state index in [-0.39, 0.29) is 22.6 Å². The standard InChI is InChI=1S/C14H10ClN3O4/c1-22-9-3-2-6(15)4-8(9)18-10(19)5-7-11(12(18)16)14(21)17-13(7)20/h2-5H,16H2,1H3,(H,17,20,21). The third-order valence-electron chi connectivity index (χ3n) is 3.34. The van der Waals surface area contributed by atoms with Gasteiger partial charge >= 0.3 is 0 Å². The molecule has 22 heavy (non-hydrogen) atoms. The Labute approximate surface area is 129 Å². The van der Waals surface area contributed by atoms with Gasteiger partial charge in [0.1, 0.15) is 11.6 Å². The molecule has 2 amide bonds. The summed E-state index contributed by atoms with van der Waals surface area (Å²) >= 11 is 5.95. The second kappa shape index (κ2) is 4.88. The van der Waals surface area contributed by atoms with Crippen LogP contribution in [-0.2, 0) is 0 Å². The van der Waals surface area contributed by atoms with Crippen LogP contribution in [0.3, 0.4) is 0 Å². The van der Waals surface area contributed by atoms with Crippen molar-refractivity contribution in [2.24, 2.45) is 0 Å². The largest absolute Gasteiger partial charge is 0.495 e. The van der Waals surface area contributed by atoms with Gasteiger partial charge in [-0.3, -0.25) is 24.3 Å². The highest BCUT2D eigenvalue weighted by atomic mass is 35.5. The normalized spacial score (nSPS) is 13.0. The summed E-state index contributed by atoms with van der Waals surface area (Å²) in [6.07, 6.45) is 0. The number of carbonyl (C=O) groups excluding carboxylic acids is 2. The summed E-state index contributed by atoms with van der Waals surface area (Å²) in [7, 11) is 1.43. The average Bonchev–Trinajstić information content (AvgIpc) is 2.74. The summed E-state index contributed by atoms with van der Waals surface area (Å²) in [4.78, 5) is 35.8. The van der Waals surface area contributed by atoms with Crippen LogP contribution in [0, 0.1) is 0 Å². The molecule has 1 aliphatic rings. The van der Waals surface area contributed by atoms with Gasteiger partial charge in [0.2, 0.25) is 0 Å². The van der Waals surface area contributed by atoms with Crippen molar-refractivity contribution in [3.63, 3.8) is 0 Å².